The van der Waals surface area contributed by atoms with Crippen LogP contribution in [-0.4, -0.2) is 46.0 Å². The maximum absolute atomic E-state index is 11.0. The number of nitrogen functional groups attached to an aromatic ring is 1. The summed E-state index contributed by atoms with van der Waals surface area (Å²) in [5.41, 5.74) is 2.14. The van der Waals surface area contributed by atoms with Crippen LogP contribution < -0.4 is 16.6 Å². The first-order valence-corrected chi connectivity index (χ1v) is 6.03. The van der Waals surface area contributed by atoms with Crippen LogP contribution in [0.1, 0.15) is 12.8 Å². The lowest BCUT2D eigenvalue weighted by atomic mass is 10.1. The highest BCUT2D eigenvalue weighted by molar-refractivity contribution is 5.57. The third kappa shape index (κ3) is 3.26. The van der Waals surface area contributed by atoms with Crippen molar-refractivity contribution in [2.45, 2.75) is 18.9 Å². The Morgan fingerprint density at radius 2 is 2.42 bits per heavy atom. The average molecular weight is 267 g/mol. The number of nitro groups is 1. The second-order valence-electron chi connectivity index (χ2n) is 4.57. The van der Waals surface area contributed by atoms with Gasteiger partial charge in [-0.05, 0) is 26.4 Å². The molecule has 0 bridgehead atoms. The van der Waals surface area contributed by atoms with E-state index in [2.05, 4.69) is 25.6 Å². The summed E-state index contributed by atoms with van der Waals surface area (Å²) in [5.74, 6) is 5.57. The predicted molar refractivity (Wildman–Crippen MR) is 70.6 cm³/mol. The topological polar surface area (TPSA) is 122 Å². The molecule has 1 atom stereocenters. The van der Waals surface area contributed by atoms with Crippen LogP contribution in [0.25, 0.3) is 0 Å². The van der Waals surface area contributed by atoms with Crippen molar-refractivity contribution in [3.63, 3.8) is 0 Å². The molecule has 1 aromatic heterocycles. The first-order chi connectivity index (χ1) is 9.10. The molecule has 2 rings (SSSR count). The molecule has 0 saturated carbocycles. The number of likely N-dealkylation sites (N-methyl/N-ethyl adjacent to an activating group) is 1. The molecular formula is C10H17N7O2. The van der Waals surface area contributed by atoms with Crippen LogP contribution in [0.4, 0.5) is 17.5 Å². The molecule has 1 saturated heterocycles. The number of hydrogen-bond donors (Lipinski definition) is 3. The molecule has 1 unspecified atom stereocenters. The van der Waals surface area contributed by atoms with Gasteiger partial charge in [-0.3, -0.25) is 15.5 Å². The van der Waals surface area contributed by atoms with Gasteiger partial charge < -0.3 is 10.2 Å². The van der Waals surface area contributed by atoms with Gasteiger partial charge in [-0.15, -0.1) is 0 Å². The van der Waals surface area contributed by atoms with Crippen LogP contribution in [0.3, 0.4) is 0 Å². The quantitative estimate of drug-likeness (QED) is 0.401. The Bertz CT molecular complexity index is 467. The number of hydrazine groups is 1. The Morgan fingerprint density at radius 3 is 3.05 bits per heavy atom. The molecule has 4 N–H and O–H groups in total. The van der Waals surface area contributed by atoms with Crippen LogP contribution in [0.5, 0.6) is 0 Å². The fraction of sp³-hybridized carbons (Fsp3) is 0.600. The second kappa shape index (κ2) is 5.76. The number of anilines is 2. The van der Waals surface area contributed by atoms with E-state index in [1.54, 1.807) is 0 Å². The van der Waals surface area contributed by atoms with Gasteiger partial charge in [0.05, 0.1) is 4.92 Å². The van der Waals surface area contributed by atoms with Crippen LogP contribution >= 0.6 is 0 Å². The molecule has 104 valence electrons. The predicted octanol–water partition coefficient (Wildman–Crippen LogP) is 0.177. The summed E-state index contributed by atoms with van der Waals surface area (Å²) in [6, 6.07) is 0.137. The normalized spacial score (nSPS) is 20.0. The number of nitrogens with zero attached hydrogens (tertiary/aromatic N) is 4. The van der Waals surface area contributed by atoms with Crippen LogP contribution in [0, 0.1) is 10.1 Å². The Balaban J connectivity index is 2.19. The maximum atomic E-state index is 11.0. The molecule has 0 spiro atoms. The van der Waals surface area contributed by atoms with Crippen LogP contribution in [-0.2, 0) is 0 Å². The Labute approximate surface area is 110 Å². The van der Waals surface area contributed by atoms with E-state index < -0.39 is 4.92 Å². The summed E-state index contributed by atoms with van der Waals surface area (Å²) in [5, 5.41) is 14.1. The number of nitrogens with two attached hydrogens (primary N) is 1. The lowest BCUT2D eigenvalue weighted by Gasteiger charge is -2.30. The zero-order chi connectivity index (χ0) is 13.8. The zero-order valence-corrected chi connectivity index (χ0v) is 10.7. The minimum Gasteiger partial charge on any atom is -0.360 e. The van der Waals surface area contributed by atoms with Gasteiger partial charge in [-0.1, -0.05) is 0 Å². The Morgan fingerprint density at radius 1 is 1.63 bits per heavy atom. The average Bonchev–Trinajstić information content (AvgIpc) is 2.38. The van der Waals surface area contributed by atoms with Crippen LogP contribution in [0.15, 0.2) is 6.20 Å². The van der Waals surface area contributed by atoms with E-state index in [1.807, 2.05) is 7.05 Å². The van der Waals surface area contributed by atoms with Crippen molar-refractivity contribution in [3.8, 4) is 0 Å². The number of piperidine rings is 1. The van der Waals surface area contributed by atoms with E-state index in [0.29, 0.717) is 0 Å². The van der Waals surface area contributed by atoms with Gasteiger partial charge >= 0.3 is 5.69 Å². The summed E-state index contributed by atoms with van der Waals surface area (Å²) in [7, 11) is 2.02. The van der Waals surface area contributed by atoms with Gasteiger partial charge in [0.2, 0.25) is 11.8 Å². The molecule has 9 nitrogen and oxygen atoms in total. The minimum atomic E-state index is -0.505. The Hall–Kier alpha value is -2.00. The molecule has 0 aliphatic carbocycles. The highest BCUT2D eigenvalue weighted by Crippen LogP contribution is 2.24. The van der Waals surface area contributed by atoms with E-state index in [4.69, 9.17) is 5.84 Å². The molecular weight excluding hydrogens is 250 g/mol. The third-order valence-electron chi connectivity index (χ3n) is 3.06. The highest BCUT2D eigenvalue weighted by atomic mass is 16.6. The highest BCUT2D eigenvalue weighted by Gasteiger charge is 2.23. The van der Waals surface area contributed by atoms with Gasteiger partial charge in [0, 0.05) is 12.6 Å². The van der Waals surface area contributed by atoms with Crippen molar-refractivity contribution in [2.75, 3.05) is 30.9 Å². The lowest BCUT2D eigenvalue weighted by molar-refractivity contribution is -0.384. The van der Waals surface area contributed by atoms with Crippen molar-refractivity contribution in [2.24, 2.45) is 5.84 Å². The van der Waals surface area contributed by atoms with Crippen molar-refractivity contribution in [3.05, 3.63) is 16.3 Å². The number of likely N-dealkylation sites (tertiary alicyclic amines) is 1. The van der Waals surface area contributed by atoms with Crippen molar-refractivity contribution in [1.82, 2.24) is 14.9 Å². The van der Waals surface area contributed by atoms with E-state index in [0.717, 1.165) is 32.1 Å². The zero-order valence-electron chi connectivity index (χ0n) is 10.7. The van der Waals surface area contributed by atoms with Crippen molar-refractivity contribution in [1.29, 1.82) is 0 Å². The smallest absolute Gasteiger partial charge is 0.329 e. The largest absolute Gasteiger partial charge is 0.360 e. The molecule has 1 aliphatic rings. The molecule has 0 amide bonds. The maximum Gasteiger partial charge on any atom is 0.329 e. The number of aromatic nitrogens is 2. The van der Waals surface area contributed by atoms with Gasteiger partial charge in [-0.25, -0.2) is 10.8 Å². The van der Waals surface area contributed by atoms with Gasteiger partial charge in [0.25, 0.3) is 0 Å². The molecule has 1 aromatic rings. The second-order valence-corrected chi connectivity index (χ2v) is 4.57. The summed E-state index contributed by atoms with van der Waals surface area (Å²) in [6.45, 7) is 1.87. The van der Waals surface area contributed by atoms with Gasteiger partial charge in [0.1, 0.15) is 6.20 Å². The lowest BCUT2D eigenvalue weighted by Crippen LogP contribution is -2.40. The molecule has 9 heteroatoms. The number of nitrogens with one attached hydrogen (secondary N) is 2. The molecule has 0 aromatic carbocycles. The summed E-state index contributed by atoms with van der Waals surface area (Å²) < 4.78 is 0. The van der Waals surface area contributed by atoms with E-state index in [9.17, 15) is 10.1 Å². The van der Waals surface area contributed by atoms with E-state index in [-0.39, 0.29) is 23.5 Å². The minimum absolute atomic E-state index is 0.137. The molecule has 19 heavy (non-hydrogen) atoms. The van der Waals surface area contributed by atoms with Crippen molar-refractivity contribution >= 4 is 17.5 Å². The van der Waals surface area contributed by atoms with E-state index >= 15 is 0 Å². The monoisotopic (exact) mass is 267 g/mol. The Kier molecular flexibility index (Phi) is 4.07. The number of rotatable bonds is 4. The van der Waals surface area contributed by atoms with Gasteiger partial charge in [0.15, 0.2) is 0 Å². The first-order valence-electron chi connectivity index (χ1n) is 6.03. The fourth-order valence-corrected chi connectivity index (χ4v) is 2.16. The SMILES string of the molecule is CN1CCCC(Nc2nc(NN)ncc2[N+](=O)[O-])C1. The summed E-state index contributed by atoms with van der Waals surface area (Å²) in [4.78, 5) is 20.4. The fourth-order valence-electron chi connectivity index (χ4n) is 2.16. The van der Waals surface area contributed by atoms with Crippen LogP contribution in [0.2, 0.25) is 0 Å². The number of hydrogen-bond acceptors (Lipinski definition) is 8. The first kappa shape index (κ1) is 13.4. The summed E-state index contributed by atoms with van der Waals surface area (Å²) in [6.07, 6.45) is 3.16. The third-order valence-corrected chi connectivity index (χ3v) is 3.06. The molecule has 0 radical (unpaired) electrons. The molecule has 2 heterocycles. The summed E-state index contributed by atoms with van der Waals surface area (Å²) >= 11 is 0. The molecule has 1 aliphatic heterocycles. The van der Waals surface area contributed by atoms with Gasteiger partial charge in [-0.2, -0.15) is 4.98 Å². The standard InChI is InChI=1S/C10H17N7O2/c1-16-4-2-3-7(6-16)13-9-8(17(18)19)5-12-10(14-9)15-11/h5,7H,2-4,6,11H2,1H3,(H2,12,13,14,15). The molecule has 1 fully saturated rings. The van der Waals surface area contributed by atoms with E-state index in [1.165, 1.54) is 0 Å². The van der Waals surface area contributed by atoms with Crippen molar-refractivity contribution < 1.29 is 4.92 Å².